The number of carbonyl (C=O) groups is 2. The Morgan fingerprint density at radius 3 is 2.41 bits per heavy atom. The molecule has 1 amide bonds. The first-order valence-electron chi connectivity index (χ1n) is 8.81. The van der Waals surface area contributed by atoms with Crippen molar-refractivity contribution in [1.82, 2.24) is 9.62 Å². The summed E-state index contributed by atoms with van der Waals surface area (Å²) in [7, 11) is -2.51. The molecular weight excluding hydrogens is 372 g/mol. The first kappa shape index (κ1) is 21.2. The fourth-order valence-electron chi connectivity index (χ4n) is 2.72. The number of sulfonamides is 1. The van der Waals surface area contributed by atoms with E-state index in [0.29, 0.717) is 0 Å². The molecule has 1 atom stereocenters. The summed E-state index contributed by atoms with van der Waals surface area (Å²) < 4.78 is 32.8. The predicted octanol–water partition coefficient (Wildman–Crippen LogP) is 1.71. The summed E-state index contributed by atoms with van der Waals surface area (Å²) in [6.07, 6.45) is 1.63. The van der Waals surface area contributed by atoms with Gasteiger partial charge in [0.05, 0.1) is 13.0 Å². The molecule has 27 heavy (non-hydrogen) atoms. The second-order valence-corrected chi connectivity index (χ2v) is 8.75. The van der Waals surface area contributed by atoms with Gasteiger partial charge in [0.25, 0.3) is 5.91 Å². The van der Waals surface area contributed by atoms with E-state index >= 15 is 0 Å². The third-order valence-corrected chi connectivity index (χ3v) is 5.91. The van der Waals surface area contributed by atoms with Crippen molar-refractivity contribution in [3.05, 3.63) is 23.8 Å². The number of carbonyl (C=O) groups excluding carboxylic acids is 1. The number of methoxy groups -OCH3 is 1. The lowest BCUT2D eigenvalue weighted by atomic mass is 10.1. The number of hydrogen-bond donors (Lipinski definition) is 2. The average molecular weight is 398 g/mol. The smallest absolute Gasteiger partial charge is 0.308 e. The van der Waals surface area contributed by atoms with E-state index in [1.54, 1.807) is 20.8 Å². The number of carboxylic acid groups (broad SMARTS) is 1. The van der Waals surface area contributed by atoms with Crippen molar-refractivity contribution in [3.63, 3.8) is 0 Å². The van der Waals surface area contributed by atoms with E-state index < -0.39 is 21.9 Å². The number of nitrogens with zero attached hydrogens (tertiary/aromatic N) is 1. The minimum Gasteiger partial charge on any atom is -0.495 e. The van der Waals surface area contributed by atoms with Gasteiger partial charge in [-0.15, -0.1) is 0 Å². The zero-order valence-corrected chi connectivity index (χ0v) is 16.7. The van der Waals surface area contributed by atoms with E-state index in [-0.39, 0.29) is 40.7 Å². The molecule has 2 N–H and O–H groups in total. The van der Waals surface area contributed by atoms with Gasteiger partial charge >= 0.3 is 5.97 Å². The summed E-state index contributed by atoms with van der Waals surface area (Å²) >= 11 is 0. The zero-order chi connectivity index (χ0) is 20.4. The fourth-order valence-corrected chi connectivity index (χ4v) is 4.16. The summed E-state index contributed by atoms with van der Waals surface area (Å²) in [6, 6.07) is 3.89. The maximum atomic E-state index is 13.0. The van der Waals surface area contributed by atoms with Crippen LogP contribution in [0.4, 0.5) is 0 Å². The Balaban J connectivity index is 2.38. The second-order valence-electron chi connectivity index (χ2n) is 7.07. The Bertz CT molecular complexity index is 817. The number of ether oxygens (including phenoxy) is 1. The van der Waals surface area contributed by atoms with E-state index in [1.165, 1.54) is 30.2 Å². The normalized spacial score (nSPS) is 15.4. The monoisotopic (exact) mass is 398 g/mol. The number of nitrogens with one attached hydrogen (secondary N) is 1. The lowest BCUT2D eigenvalue weighted by Gasteiger charge is -2.25. The van der Waals surface area contributed by atoms with E-state index in [4.69, 9.17) is 9.84 Å². The van der Waals surface area contributed by atoms with Crippen LogP contribution in [-0.4, -0.2) is 56.0 Å². The molecular formula is C18H26N2O6S. The summed E-state index contributed by atoms with van der Waals surface area (Å²) in [5.74, 6) is -1.93. The summed E-state index contributed by atoms with van der Waals surface area (Å²) in [4.78, 5) is 25.5. The highest BCUT2D eigenvalue weighted by atomic mass is 32.2. The quantitative estimate of drug-likeness (QED) is 0.655. The first-order chi connectivity index (χ1) is 12.6. The first-order valence-corrected chi connectivity index (χ1v) is 10.3. The molecule has 1 unspecified atom stereocenters. The lowest BCUT2D eigenvalue weighted by Crippen LogP contribution is -2.38. The van der Waals surface area contributed by atoms with Crippen molar-refractivity contribution in [2.75, 3.05) is 13.7 Å². The molecule has 9 heteroatoms. The number of benzene rings is 1. The van der Waals surface area contributed by atoms with Crippen LogP contribution in [0.5, 0.6) is 5.75 Å². The highest BCUT2D eigenvalue weighted by Gasteiger charge is 2.35. The molecule has 0 aliphatic heterocycles. The van der Waals surface area contributed by atoms with Crippen molar-refractivity contribution >= 4 is 21.9 Å². The third-order valence-electron chi connectivity index (χ3n) is 4.23. The Morgan fingerprint density at radius 2 is 1.93 bits per heavy atom. The molecule has 150 valence electrons. The Kier molecular flexibility index (Phi) is 6.48. The van der Waals surface area contributed by atoms with Crippen molar-refractivity contribution < 1.29 is 27.9 Å². The summed E-state index contributed by atoms with van der Waals surface area (Å²) in [6.45, 7) is 5.01. The molecule has 2 rings (SSSR count). The van der Waals surface area contributed by atoms with Crippen LogP contribution in [-0.2, 0) is 14.8 Å². The Hall–Kier alpha value is -2.13. The van der Waals surface area contributed by atoms with Gasteiger partial charge in [0, 0.05) is 24.2 Å². The van der Waals surface area contributed by atoms with Gasteiger partial charge in [-0.3, -0.25) is 9.59 Å². The highest BCUT2D eigenvalue weighted by molar-refractivity contribution is 7.89. The fraction of sp³-hybridized carbons (Fsp3) is 0.556. The molecule has 1 aromatic carbocycles. The Morgan fingerprint density at radius 1 is 1.30 bits per heavy atom. The van der Waals surface area contributed by atoms with E-state index in [9.17, 15) is 18.0 Å². The SMILES string of the molecule is COc1ccc(C(=O)N(CC(C)C(=O)O)C2CC2)cc1S(=O)(=O)NC(C)C. The van der Waals surface area contributed by atoms with Gasteiger partial charge in [0.2, 0.25) is 10.0 Å². The van der Waals surface area contributed by atoms with Gasteiger partial charge in [-0.2, -0.15) is 0 Å². The topological polar surface area (TPSA) is 113 Å². The molecule has 0 aromatic heterocycles. The molecule has 1 aliphatic carbocycles. The number of aliphatic carboxylic acids is 1. The number of rotatable bonds is 9. The van der Waals surface area contributed by atoms with Crippen molar-refractivity contribution in [3.8, 4) is 5.75 Å². The van der Waals surface area contributed by atoms with Crippen LogP contribution in [0.15, 0.2) is 23.1 Å². The molecule has 0 heterocycles. The average Bonchev–Trinajstić information content (AvgIpc) is 3.41. The largest absolute Gasteiger partial charge is 0.495 e. The van der Waals surface area contributed by atoms with Crippen LogP contribution in [0, 0.1) is 5.92 Å². The molecule has 1 saturated carbocycles. The van der Waals surface area contributed by atoms with Crippen LogP contribution >= 0.6 is 0 Å². The lowest BCUT2D eigenvalue weighted by molar-refractivity contribution is -0.141. The molecule has 0 radical (unpaired) electrons. The maximum Gasteiger partial charge on any atom is 0.308 e. The maximum absolute atomic E-state index is 13.0. The van der Waals surface area contributed by atoms with E-state index in [1.807, 2.05) is 0 Å². The second kappa shape index (κ2) is 8.26. The van der Waals surface area contributed by atoms with Gasteiger partial charge in [0.1, 0.15) is 10.6 Å². The molecule has 0 spiro atoms. The van der Waals surface area contributed by atoms with E-state index in [0.717, 1.165) is 12.8 Å². The molecule has 1 fully saturated rings. The highest BCUT2D eigenvalue weighted by Crippen LogP contribution is 2.31. The molecule has 8 nitrogen and oxygen atoms in total. The number of amides is 1. The Labute approximate surface area is 159 Å². The summed E-state index contributed by atoms with van der Waals surface area (Å²) in [5, 5.41) is 9.15. The van der Waals surface area contributed by atoms with Crippen LogP contribution in [0.3, 0.4) is 0 Å². The minimum absolute atomic E-state index is 0.00440. The van der Waals surface area contributed by atoms with Gasteiger partial charge in [0.15, 0.2) is 0 Å². The molecule has 0 bridgehead atoms. The zero-order valence-electron chi connectivity index (χ0n) is 15.9. The molecule has 0 saturated heterocycles. The van der Waals surface area contributed by atoms with Crippen molar-refractivity contribution in [2.45, 2.75) is 50.6 Å². The standard InChI is InChI=1S/C18H26N2O6S/c1-11(2)19-27(24,25)16-9-13(5-8-15(16)26-4)17(21)20(14-6-7-14)10-12(3)18(22)23/h5,8-9,11-12,14,19H,6-7,10H2,1-4H3,(H,22,23). The van der Waals surface area contributed by atoms with Crippen molar-refractivity contribution in [2.24, 2.45) is 5.92 Å². The van der Waals surface area contributed by atoms with Crippen LogP contribution in [0.1, 0.15) is 44.0 Å². The van der Waals surface area contributed by atoms with Crippen LogP contribution in [0.2, 0.25) is 0 Å². The summed E-state index contributed by atoms with van der Waals surface area (Å²) in [5.41, 5.74) is 0.185. The molecule has 1 aliphatic rings. The van der Waals surface area contributed by atoms with Gasteiger partial charge in [-0.1, -0.05) is 6.92 Å². The number of carboxylic acids is 1. The number of hydrogen-bond acceptors (Lipinski definition) is 5. The third kappa shape index (κ3) is 5.20. The van der Waals surface area contributed by atoms with Gasteiger partial charge < -0.3 is 14.7 Å². The van der Waals surface area contributed by atoms with Crippen molar-refractivity contribution in [1.29, 1.82) is 0 Å². The molecule has 1 aromatic rings. The minimum atomic E-state index is -3.86. The van der Waals surface area contributed by atoms with Crippen LogP contribution in [0.25, 0.3) is 0 Å². The van der Waals surface area contributed by atoms with Gasteiger partial charge in [-0.25, -0.2) is 13.1 Å². The predicted molar refractivity (Wildman–Crippen MR) is 99.3 cm³/mol. The van der Waals surface area contributed by atoms with Crippen LogP contribution < -0.4 is 9.46 Å². The van der Waals surface area contributed by atoms with E-state index in [2.05, 4.69) is 4.72 Å². The van der Waals surface area contributed by atoms with Gasteiger partial charge in [-0.05, 0) is 44.9 Å².